The van der Waals surface area contributed by atoms with Crippen LogP contribution in [0.3, 0.4) is 0 Å². The van der Waals surface area contributed by atoms with Crippen LogP contribution in [0, 0.1) is 0 Å². The number of hydrogen-bond acceptors (Lipinski definition) is 3. The molecule has 19 heavy (non-hydrogen) atoms. The van der Waals surface area contributed by atoms with Gasteiger partial charge in [0.1, 0.15) is 5.76 Å². The summed E-state index contributed by atoms with van der Waals surface area (Å²) in [6, 6.07) is 0. The van der Waals surface area contributed by atoms with Gasteiger partial charge in [-0.1, -0.05) is 52.4 Å². The van der Waals surface area contributed by atoms with E-state index in [1.54, 1.807) is 6.92 Å². The van der Waals surface area contributed by atoms with Crippen LogP contribution in [-0.4, -0.2) is 19.2 Å². The molecule has 0 aliphatic heterocycles. The largest absolute Gasteiger partial charge is 0.498 e. The summed E-state index contributed by atoms with van der Waals surface area (Å²) < 4.78 is 10.6. The average Bonchev–Trinajstić information content (AvgIpc) is 2.38. The van der Waals surface area contributed by atoms with E-state index in [0.717, 1.165) is 19.3 Å². The number of carbonyl (C=O) groups is 1. The lowest BCUT2D eigenvalue weighted by molar-refractivity contribution is -0.138. The molecule has 3 heteroatoms. The number of allylic oxidation sites excluding steroid dienone is 1. The van der Waals surface area contributed by atoms with Crippen molar-refractivity contribution < 1.29 is 14.3 Å². The summed E-state index contributed by atoms with van der Waals surface area (Å²) >= 11 is 0. The summed E-state index contributed by atoms with van der Waals surface area (Å²) in [6.45, 7) is 7.35. The highest BCUT2D eigenvalue weighted by Crippen LogP contribution is 2.04. The summed E-state index contributed by atoms with van der Waals surface area (Å²) in [5, 5.41) is 0. The standard InChI is InChI=1S/C16H30O3/c1-4-6-8-10-12-18-15(3)14-16(17)19-13-11-9-7-5-2/h14H,4-13H2,1-3H3. The molecule has 0 fully saturated rings. The zero-order valence-electron chi connectivity index (χ0n) is 12.9. The highest BCUT2D eigenvalue weighted by Gasteiger charge is 2.00. The van der Waals surface area contributed by atoms with Gasteiger partial charge in [-0.3, -0.25) is 0 Å². The van der Waals surface area contributed by atoms with E-state index in [1.807, 2.05) is 0 Å². The van der Waals surface area contributed by atoms with Crippen molar-refractivity contribution in [2.45, 2.75) is 72.1 Å². The summed E-state index contributed by atoms with van der Waals surface area (Å²) in [6.07, 6.45) is 10.6. The highest BCUT2D eigenvalue weighted by atomic mass is 16.5. The van der Waals surface area contributed by atoms with Gasteiger partial charge in [-0.25, -0.2) is 4.79 Å². The van der Waals surface area contributed by atoms with E-state index in [-0.39, 0.29) is 5.97 Å². The van der Waals surface area contributed by atoms with Crippen molar-refractivity contribution in [1.29, 1.82) is 0 Å². The quantitative estimate of drug-likeness (QED) is 0.225. The first-order valence-electron chi connectivity index (χ1n) is 7.68. The number of hydrogen-bond donors (Lipinski definition) is 0. The molecule has 0 heterocycles. The van der Waals surface area contributed by atoms with Crippen LogP contribution in [0.4, 0.5) is 0 Å². The van der Waals surface area contributed by atoms with Crippen LogP contribution in [0.1, 0.15) is 72.1 Å². The van der Waals surface area contributed by atoms with Crippen LogP contribution in [-0.2, 0) is 14.3 Å². The Balaban J connectivity index is 3.55. The molecule has 0 spiro atoms. The Morgan fingerprint density at radius 3 is 1.89 bits per heavy atom. The second-order valence-corrected chi connectivity index (χ2v) is 4.89. The molecule has 0 atom stereocenters. The van der Waals surface area contributed by atoms with E-state index in [0.29, 0.717) is 19.0 Å². The molecule has 0 amide bonds. The fourth-order valence-electron chi connectivity index (χ4n) is 1.71. The SMILES string of the molecule is CCCCCCOC(=O)C=C(C)OCCCCCC. The van der Waals surface area contributed by atoms with Crippen molar-refractivity contribution in [1.82, 2.24) is 0 Å². The van der Waals surface area contributed by atoms with Crippen LogP contribution in [0.5, 0.6) is 0 Å². The second kappa shape index (κ2) is 13.4. The number of esters is 1. The zero-order chi connectivity index (χ0) is 14.3. The normalized spacial score (nSPS) is 11.4. The molecular weight excluding hydrogens is 240 g/mol. The van der Waals surface area contributed by atoms with Gasteiger partial charge in [0.15, 0.2) is 0 Å². The Labute approximate surface area is 118 Å². The van der Waals surface area contributed by atoms with Crippen LogP contribution in [0.25, 0.3) is 0 Å². The van der Waals surface area contributed by atoms with Crippen molar-refractivity contribution in [3.63, 3.8) is 0 Å². The van der Waals surface area contributed by atoms with Gasteiger partial charge in [0.2, 0.25) is 0 Å². The van der Waals surface area contributed by atoms with Crippen LogP contribution < -0.4 is 0 Å². The summed E-state index contributed by atoms with van der Waals surface area (Å²) in [7, 11) is 0. The third kappa shape index (κ3) is 13.2. The number of carbonyl (C=O) groups excluding carboxylic acids is 1. The highest BCUT2D eigenvalue weighted by molar-refractivity contribution is 5.82. The molecule has 112 valence electrons. The minimum Gasteiger partial charge on any atom is -0.498 e. The minimum atomic E-state index is -0.289. The lowest BCUT2D eigenvalue weighted by Crippen LogP contribution is -2.04. The van der Waals surface area contributed by atoms with Crippen LogP contribution in [0.2, 0.25) is 0 Å². The Kier molecular flexibility index (Phi) is 12.7. The third-order valence-corrected chi connectivity index (χ3v) is 2.89. The van der Waals surface area contributed by atoms with E-state index in [1.165, 1.54) is 38.2 Å². The maximum atomic E-state index is 11.4. The predicted molar refractivity (Wildman–Crippen MR) is 79.0 cm³/mol. The van der Waals surface area contributed by atoms with E-state index in [9.17, 15) is 4.79 Å². The first-order chi connectivity index (χ1) is 9.20. The topological polar surface area (TPSA) is 35.5 Å². The Hall–Kier alpha value is -0.990. The number of unbranched alkanes of at least 4 members (excludes halogenated alkanes) is 6. The first kappa shape index (κ1) is 18.0. The summed E-state index contributed by atoms with van der Waals surface area (Å²) in [4.78, 5) is 11.4. The van der Waals surface area contributed by atoms with Crippen molar-refractivity contribution in [2.24, 2.45) is 0 Å². The molecule has 0 aliphatic rings. The number of rotatable bonds is 12. The van der Waals surface area contributed by atoms with Gasteiger partial charge < -0.3 is 9.47 Å². The van der Waals surface area contributed by atoms with Crippen molar-refractivity contribution in [3.8, 4) is 0 Å². The molecule has 0 N–H and O–H groups in total. The molecule has 0 saturated heterocycles. The lowest BCUT2D eigenvalue weighted by atomic mass is 10.2. The molecule has 0 aromatic rings. The molecule has 0 saturated carbocycles. The Morgan fingerprint density at radius 2 is 1.37 bits per heavy atom. The molecule has 0 aromatic carbocycles. The van der Waals surface area contributed by atoms with Gasteiger partial charge in [0, 0.05) is 0 Å². The van der Waals surface area contributed by atoms with Crippen molar-refractivity contribution in [2.75, 3.05) is 13.2 Å². The monoisotopic (exact) mass is 270 g/mol. The van der Waals surface area contributed by atoms with Gasteiger partial charge in [0.05, 0.1) is 19.3 Å². The molecule has 0 aliphatic carbocycles. The Bertz CT molecular complexity index is 246. The van der Waals surface area contributed by atoms with Gasteiger partial charge in [0.25, 0.3) is 0 Å². The molecule has 0 aromatic heterocycles. The van der Waals surface area contributed by atoms with E-state index < -0.39 is 0 Å². The lowest BCUT2D eigenvalue weighted by Gasteiger charge is -2.06. The number of ether oxygens (including phenoxy) is 2. The summed E-state index contributed by atoms with van der Waals surface area (Å²) in [5.41, 5.74) is 0. The van der Waals surface area contributed by atoms with Gasteiger partial charge in [-0.05, 0) is 19.8 Å². The fraction of sp³-hybridized carbons (Fsp3) is 0.812. The molecular formula is C16H30O3. The molecule has 0 unspecified atom stereocenters. The molecule has 0 rings (SSSR count). The fourth-order valence-corrected chi connectivity index (χ4v) is 1.71. The maximum Gasteiger partial charge on any atom is 0.334 e. The van der Waals surface area contributed by atoms with Gasteiger partial charge >= 0.3 is 5.97 Å². The predicted octanol–water partition coefficient (Wildman–Crippen LogP) is 4.61. The van der Waals surface area contributed by atoms with Crippen molar-refractivity contribution >= 4 is 5.97 Å². The molecule has 3 nitrogen and oxygen atoms in total. The van der Waals surface area contributed by atoms with E-state index in [2.05, 4.69) is 13.8 Å². The summed E-state index contributed by atoms with van der Waals surface area (Å²) in [5.74, 6) is 0.359. The Morgan fingerprint density at radius 1 is 0.842 bits per heavy atom. The molecule has 0 bridgehead atoms. The van der Waals surface area contributed by atoms with Crippen LogP contribution >= 0.6 is 0 Å². The van der Waals surface area contributed by atoms with E-state index in [4.69, 9.17) is 9.47 Å². The zero-order valence-corrected chi connectivity index (χ0v) is 12.9. The third-order valence-electron chi connectivity index (χ3n) is 2.89. The minimum absolute atomic E-state index is 0.289. The van der Waals surface area contributed by atoms with Crippen molar-refractivity contribution in [3.05, 3.63) is 11.8 Å². The smallest absolute Gasteiger partial charge is 0.334 e. The van der Waals surface area contributed by atoms with Gasteiger partial charge in [-0.2, -0.15) is 0 Å². The van der Waals surface area contributed by atoms with Gasteiger partial charge in [-0.15, -0.1) is 0 Å². The first-order valence-corrected chi connectivity index (χ1v) is 7.68. The maximum absolute atomic E-state index is 11.4. The van der Waals surface area contributed by atoms with Crippen LogP contribution in [0.15, 0.2) is 11.8 Å². The second-order valence-electron chi connectivity index (χ2n) is 4.89. The molecule has 0 radical (unpaired) electrons. The van der Waals surface area contributed by atoms with E-state index >= 15 is 0 Å². The average molecular weight is 270 g/mol.